The molecule has 186 valence electrons. The molecule has 5 rings (SSSR count). The molecule has 36 heavy (non-hydrogen) atoms. The lowest BCUT2D eigenvalue weighted by atomic mass is 9.78. The Labute approximate surface area is 210 Å². The standard InChI is InChI=1S/C29H30N2O5/c1-4-19-8-10-21(11-9-19)30-16-20(15-25(30)32)29(35)36-22-12-13-24(18(3)14-22)31-27(33)23-7-5-6-17(2)26(23)28(31)34/h5-6,8-14,17,20,23,26H,4,7,15-16H2,1-3H3/t17-,20-,23-,26+/m1/s1. The molecule has 1 aliphatic carbocycles. The smallest absolute Gasteiger partial charge is 0.316 e. The van der Waals surface area contributed by atoms with E-state index in [1.807, 2.05) is 43.3 Å². The van der Waals surface area contributed by atoms with Crippen molar-refractivity contribution in [2.45, 2.75) is 40.0 Å². The third-order valence-electron chi connectivity index (χ3n) is 7.61. The Morgan fingerprint density at radius 2 is 1.81 bits per heavy atom. The van der Waals surface area contributed by atoms with Crippen molar-refractivity contribution in [3.63, 3.8) is 0 Å². The number of carbonyl (C=O) groups is 4. The van der Waals surface area contributed by atoms with Gasteiger partial charge in [-0.25, -0.2) is 4.90 Å². The number of aryl methyl sites for hydroxylation is 2. The fourth-order valence-corrected chi connectivity index (χ4v) is 5.55. The van der Waals surface area contributed by atoms with Crippen molar-refractivity contribution in [2.75, 3.05) is 16.3 Å². The zero-order valence-corrected chi connectivity index (χ0v) is 20.8. The van der Waals surface area contributed by atoms with Gasteiger partial charge in [0.05, 0.1) is 23.4 Å². The highest BCUT2D eigenvalue weighted by Gasteiger charge is 2.50. The fourth-order valence-electron chi connectivity index (χ4n) is 5.55. The normalized spacial score (nSPS) is 25.5. The van der Waals surface area contributed by atoms with Crippen LogP contribution in [0, 0.1) is 30.6 Å². The van der Waals surface area contributed by atoms with Crippen LogP contribution in [-0.2, 0) is 25.6 Å². The first kappa shape index (κ1) is 24.0. The molecule has 0 N–H and O–H groups in total. The summed E-state index contributed by atoms with van der Waals surface area (Å²) < 4.78 is 5.61. The van der Waals surface area contributed by atoms with Gasteiger partial charge in [0.25, 0.3) is 0 Å². The lowest BCUT2D eigenvalue weighted by molar-refractivity contribution is -0.139. The second-order valence-corrected chi connectivity index (χ2v) is 9.96. The van der Waals surface area contributed by atoms with E-state index in [-0.39, 0.29) is 48.4 Å². The second kappa shape index (κ2) is 9.37. The summed E-state index contributed by atoms with van der Waals surface area (Å²) in [5, 5.41) is 0. The van der Waals surface area contributed by atoms with Crippen LogP contribution in [0.3, 0.4) is 0 Å². The maximum Gasteiger partial charge on any atom is 0.316 e. The van der Waals surface area contributed by atoms with Crippen molar-refractivity contribution < 1.29 is 23.9 Å². The molecule has 2 heterocycles. The number of allylic oxidation sites excluding steroid dienone is 2. The molecular weight excluding hydrogens is 456 g/mol. The van der Waals surface area contributed by atoms with Crippen LogP contribution in [0.5, 0.6) is 5.75 Å². The van der Waals surface area contributed by atoms with E-state index in [2.05, 4.69) is 6.92 Å². The van der Waals surface area contributed by atoms with Crippen molar-refractivity contribution in [1.82, 2.24) is 0 Å². The van der Waals surface area contributed by atoms with Crippen molar-refractivity contribution in [1.29, 1.82) is 0 Å². The van der Waals surface area contributed by atoms with Gasteiger partial charge in [-0.2, -0.15) is 0 Å². The maximum absolute atomic E-state index is 13.1. The number of hydrogen-bond acceptors (Lipinski definition) is 5. The van der Waals surface area contributed by atoms with Gasteiger partial charge in [-0.3, -0.25) is 19.2 Å². The molecule has 3 amide bonds. The second-order valence-electron chi connectivity index (χ2n) is 9.96. The van der Waals surface area contributed by atoms with Crippen LogP contribution in [0.4, 0.5) is 11.4 Å². The molecule has 2 saturated heterocycles. The Hall–Kier alpha value is -3.74. The Kier molecular flexibility index (Phi) is 6.24. The van der Waals surface area contributed by atoms with Crippen LogP contribution in [0.1, 0.15) is 37.8 Å². The Balaban J connectivity index is 1.27. The Morgan fingerprint density at radius 1 is 1.06 bits per heavy atom. The molecule has 2 aromatic rings. The summed E-state index contributed by atoms with van der Waals surface area (Å²) in [5.41, 5.74) is 3.14. The Morgan fingerprint density at radius 3 is 2.47 bits per heavy atom. The molecule has 2 aliphatic heterocycles. The highest BCUT2D eigenvalue weighted by Crippen LogP contribution is 2.41. The molecule has 4 atom stereocenters. The summed E-state index contributed by atoms with van der Waals surface area (Å²) in [4.78, 5) is 54.5. The molecule has 0 radical (unpaired) electrons. The number of hydrogen-bond donors (Lipinski definition) is 0. The predicted octanol–water partition coefficient (Wildman–Crippen LogP) is 4.22. The molecule has 7 nitrogen and oxygen atoms in total. The number of rotatable bonds is 5. The summed E-state index contributed by atoms with van der Waals surface area (Å²) in [6.45, 7) is 6.09. The van der Waals surface area contributed by atoms with Crippen LogP contribution in [-0.4, -0.2) is 30.2 Å². The molecule has 7 heteroatoms. The topological polar surface area (TPSA) is 84.0 Å². The zero-order chi connectivity index (χ0) is 25.6. The summed E-state index contributed by atoms with van der Waals surface area (Å²) in [6.07, 6.45) is 5.56. The third-order valence-corrected chi connectivity index (χ3v) is 7.61. The monoisotopic (exact) mass is 486 g/mol. The minimum Gasteiger partial charge on any atom is -0.426 e. The maximum atomic E-state index is 13.1. The number of fused-ring (bicyclic) bond motifs is 1. The van der Waals surface area contributed by atoms with Gasteiger partial charge in [0, 0.05) is 18.7 Å². The van der Waals surface area contributed by atoms with Crippen LogP contribution in [0.25, 0.3) is 0 Å². The van der Waals surface area contributed by atoms with Gasteiger partial charge in [-0.05, 0) is 67.1 Å². The third kappa shape index (κ3) is 4.12. The summed E-state index contributed by atoms with van der Waals surface area (Å²) in [7, 11) is 0. The van der Waals surface area contributed by atoms with Gasteiger partial charge < -0.3 is 9.64 Å². The number of anilines is 2. The van der Waals surface area contributed by atoms with E-state index in [1.54, 1.807) is 30.0 Å². The van der Waals surface area contributed by atoms with E-state index in [9.17, 15) is 19.2 Å². The quantitative estimate of drug-likeness (QED) is 0.274. The van der Waals surface area contributed by atoms with Crippen LogP contribution in [0.15, 0.2) is 54.6 Å². The number of amides is 3. The molecule has 3 aliphatic rings. The van der Waals surface area contributed by atoms with E-state index in [1.165, 1.54) is 10.5 Å². The fraction of sp³-hybridized carbons (Fsp3) is 0.379. The SMILES string of the molecule is CCc1ccc(N2C[C@H](C(=O)Oc3ccc(N4C(=O)[C@H]5[C@H](C)C=CC[C@H]5C4=O)c(C)c3)CC2=O)cc1. The number of nitrogens with zero attached hydrogens (tertiary/aromatic N) is 2. The summed E-state index contributed by atoms with van der Waals surface area (Å²) in [6, 6.07) is 12.7. The first-order valence-electron chi connectivity index (χ1n) is 12.5. The van der Waals surface area contributed by atoms with Gasteiger partial charge in [0.15, 0.2) is 0 Å². The van der Waals surface area contributed by atoms with E-state index in [0.29, 0.717) is 23.4 Å². The molecule has 0 saturated carbocycles. The molecule has 0 bridgehead atoms. The van der Waals surface area contributed by atoms with E-state index in [4.69, 9.17) is 4.74 Å². The van der Waals surface area contributed by atoms with Crippen molar-refractivity contribution >= 4 is 35.1 Å². The molecule has 0 unspecified atom stereocenters. The summed E-state index contributed by atoms with van der Waals surface area (Å²) in [5.74, 6) is -1.81. The number of ether oxygens (including phenoxy) is 1. The minimum absolute atomic E-state index is 0.0176. The van der Waals surface area contributed by atoms with E-state index >= 15 is 0 Å². The van der Waals surface area contributed by atoms with E-state index in [0.717, 1.165) is 12.1 Å². The molecule has 2 aromatic carbocycles. The highest BCUT2D eigenvalue weighted by atomic mass is 16.5. The van der Waals surface area contributed by atoms with Crippen LogP contribution >= 0.6 is 0 Å². The zero-order valence-electron chi connectivity index (χ0n) is 20.8. The number of imide groups is 1. The lowest BCUT2D eigenvalue weighted by Gasteiger charge is -2.22. The Bertz CT molecular complexity index is 1260. The van der Waals surface area contributed by atoms with Gasteiger partial charge >= 0.3 is 5.97 Å². The van der Waals surface area contributed by atoms with E-state index < -0.39 is 11.9 Å². The van der Waals surface area contributed by atoms with Crippen LogP contribution in [0.2, 0.25) is 0 Å². The minimum atomic E-state index is -0.567. The van der Waals surface area contributed by atoms with Crippen molar-refractivity contribution in [3.8, 4) is 5.75 Å². The largest absolute Gasteiger partial charge is 0.426 e. The average molecular weight is 487 g/mol. The van der Waals surface area contributed by atoms with Crippen LogP contribution < -0.4 is 14.5 Å². The molecular formula is C29H30N2O5. The predicted molar refractivity (Wildman–Crippen MR) is 135 cm³/mol. The van der Waals surface area contributed by atoms with Gasteiger partial charge in [0.1, 0.15) is 5.75 Å². The van der Waals surface area contributed by atoms with Gasteiger partial charge in [-0.1, -0.05) is 38.1 Å². The molecule has 0 spiro atoms. The molecule has 0 aromatic heterocycles. The number of esters is 1. The number of benzene rings is 2. The average Bonchev–Trinajstić information content (AvgIpc) is 3.37. The molecule has 2 fully saturated rings. The van der Waals surface area contributed by atoms with Gasteiger partial charge in [-0.15, -0.1) is 0 Å². The van der Waals surface area contributed by atoms with Crippen molar-refractivity contribution in [3.05, 3.63) is 65.7 Å². The first-order valence-corrected chi connectivity index (χ1v) is 12.5. The van der Waals surface area contributed by atoms with Crippen molar-refractivity contribution in [2.24, 2.45) is 23.7 Å². The summed E-state index contributed by atoms with van der Waals surface area (Å²) >= 11 is 0. The number of carbonyl (C=O) groups excluding carboxylic acids is 4. The first-order chi connectivity index (χ1) is 17.3. The van der Waals surface area contributed by atoms with Gasteiger partial charge in [0.2, 0.25) is 17.7 Å². The lowest BCUT2D eigenvalue weighted by Crippen LogP contribution is -2.32. The highest BCUT2D eigenvalue weighted by molar-refractivity contribution is 6.22.